The van der Waals surface area contributed by atoms with Crippen molar-refractivity contribution in [2.45, 2.75) is 32.8 Å². The van der Waals surface area contributed by atoms with E-state index >= 15 is 0 Å². The number of benzene rings is 2. The van der Waals surface area contributed by atoms with Crippen molar-refractivity contribution in [3.8, 4) is 5.75 Å². The molecule has 0 radical (unpaired) electrons. The molecule has 0 spiro atoms. The van der Waals surface area contributed by atoms with E-state index in [4.69, 9.17) is 21.1 Å². The molecule has 8 heteroatoms. The van der Waals surface area contributed by atoms with Crippen molar-refractivity contribution in [2.75, 3.05) is 7.11 Å². The number of halogens is 1. The Morgan fingerprint density at radius 3 is 2.37 bits per heavy atom. The van der Waals surface area contributed by atoms with Crippen molar-refractivity contribution in [1.82, 2.24) is 4.57 Å². The zero-order chi connectivity index (χ0) is 25.8. The Morgan fingerprint density at radius 2 is 1.80 bits per heavy atom. The molecule has 0 amide bonds. The van der Waals surface area contributed by atoms with E-state index in [0.717, 1.165) is 6.08 Å². The number of methoxy groups -OCH3 is 1. The van der Waals surface area contributed by atoms with Gasteiger partial charge in [0.15, 0.2) is 0 Å². The maximum absolute atomic E-state index is 13.6. The summed E-state index contributed by atoms with van der Waals surface area (Å²) in [5.74, 6) is -2.09. The van der Waals surface area contributed by atoms with Gasteiger partial charge in [0.2, 0.25) is 5.60 Å². The average Bonchev–Trinajstić information content (AvgIpc) is 3.13. The monoisotopic (exact) mass is 495 g/mol. The number of rotatable bonds is 8. The third-order valence-corrected chi connectivity index (χ3v) is 6.02. The number of carboxylic acid groups (broad SMARTS) is 1. The van der Waals surface area contributed by atoms with E-state index in [1.54, 1.807) is 75.4 Å². The van der Waals surface area contributed by atoms with Gasteiger partial charge < -0.3 is 14.6 Å². The van der Waals surface area contributed by atoms with Crippen LogP contribution in [0.4, 0.5) is 0 Å². The number of allylic oxidation sites excluding steroid dienone is 3. The molecule has 0 saturated heterocycles. The maximum atomic E-state index is 13.6. The molecule has 0 aliphatic carbocycles. The number of carbonyl (C=O) groups is 3. The molecule has 2 aromatic carbocycles. The largest absolute Gasteiger partial charge is 0.497 e. The summed E-state index contributed by atoms with van der Waals surface area (Å²) in [6.45, 7) is 5.03. The molecule has 0 bridgehead atoms. The average molecular weight is 496 g/mol. The number of aromatic nitrogens is 1. The van der Waals surface area contributed by atoms with Gasteiger partial charge in [0.25, 0.3) is 5.91 Å². The molecule has 1 N–H and O–H groups in total. The minimum Gasteiger partial charge on any atom is -0.497 e. The van der Waals surface area contributed by atoms with Crippen LogP contribution in [0.3, 0.4) is 0 Å². The molecule has 0 fully saturated rings. The quantitative estimate of drug-likeness (QED) is 0.246. The van der Waals surface area contributed by atoms with Crippen LogP contribution in [0.5, 0.6) is 5.75 Å². The van der Waals surface area contributed by atoms with Crippen LogP contribution in [0.1, 0.15) is 41.9 Å². The summed E-state index contributed by atoms with van der Waals surface area (Å²) in [5.41, 5.74) is -0.685. The second-order valence-electron chi connectivity index (χ2n) is 7.78. The molecule has 1 atom stereocenters. The second-order valence-corrected chi connectivity index (χ2v) is 8.22. The number of hydrogen-bond donors (Lipinski definition) is 1. The van der Waals surface area contributed by atoms with Gasteiger partial charge in [0.05, 0.1) is 12.6 Å². The van der Waals surface area contributed by atoms with Crippen LogP contribution >= 0.6 is 11.6 Å². The fourth-order valence-electron chi connectivity index (χ4n) is 4.07. The summed E-state index contributed by atoms with van der Waals surface area (Å²) in [4.78, 5) is 38.9. The van der Waals surface area contributed by atoms with E-state index in [-0.39, 0.29) is 17.9 Å². The first-order chi connectivity index (χ1) is 16.7. The van der Waals surface area contributed by atoms with Gasteiger partial charge in [0, 0.05) is 33.3 Å². The number of carbonyl (C=O) groups excluding carboxylic acids is 2. The van der Waals surface area contributed by atoms with Crippen LogP contribution in [0.15, 0.2) is 66.8 Å². The third kappa shape index (κ3) is 4.86. The van der Waals surface area contributed by atoms with Crippen LogP contribution in [-0.2, 0) is 19.9 Å². The fourth-order valence-corrected chi connectivity index (χ4v) is 4.20. The van der Waals surface area contributed by atoms with Crippen LogP contribution in [0.2, 0.25) is 5.02 Å². The number of esters is 1. The molecule has 3 rings (SSSR count). The van der Waals surface area contributed by atoms with Crippen LogP contribution < -0.4 is 4.74 Å². The first-order valence-electron chi connectivity index (χ1n) is 11.0. The van der Waals surface area contributed by atoms with Gasteiger partial charge in [-0.1, -0.05) is 36.8 Å². The highest BCUT2D eigenvalue weighted by Crippen LogP contribution is 2.41. The lowest BCUT2D eigenvalue weighted by molar-refractivity contribution is -0.177. The molecule has 1 heterocycles. The molecule has 182 valence electrons. The minimum atomic E-state index is -2.04. The Bertz CT molecular complexity index is 1340. The van der Waals surface area contributed by atoms with Gasteiger partial charge >= 0.3 is 11.9 Å². The Balaban J connectivity index is 2.32. The Hall–Kier alpha value is -3.84. The van der Waals surface area contributed by atoms with Crippen molar-refractivity contribution in [2.24, 2.45) is 0 Å². The van der Waals surface area contributed by atoms with Crippen molar-refractivity contribution >= 4 is 40.3 Å². The smallest absolute Gasteiger partial charge is 0.353 e. The lowest BCUT2D eigenvalue weighted by atomic mass is 9.88. The van der Waals surface area contributed by atoms with E-state index < -0.39 is 17.5 Å². The third-order valence-electron chi connectivity index (χ3n) is 5.76. The maximum Gasteiger partial charge on any atom is 0.353 e. The molecule has 3 aromatic rings. The number of nitrogens with zero attached hydrogens (tertiary/aromatic N) is 1. The van der Waals surface area contributed by atoms with Gasteiger partial charge in [-0.3, -0.25) is 9.36 Å². The predicted molar refractivity (Wildman–Crippen MR) is 134 cm³/mol. The van der Waals surface area contributed by atoms with Crippen molar-refractivity contribution in [3.63, 3.8) is 0 Å². The number of aliphatic carboxylic acids is 1. The van der Waals surface area contributed by atoms with Gasteiger partial charge in [-0.15, -0.1) is 0 Å². The Labute approximate surface area is 208 Å². The summed E-state index contributed by atoms with van der Waals surface area (Å²) in [5, 5.41) is 11.3. The Kier molecular flexibility index (Phi) is 7.82. The van der Waals surface area contributed by atoms with E-state index in [2.05, 4.69) is 0 Å². The summed E-state index contributed by atoms with van der Waals surface area (Å²) >= 11 is 5.98. The highest BCUT2D eigenvalue weighted by atomic mass is 35.5. The van der Waals surface area contributed by atoms with E-state index in [1.165, 1.54) is 17.8 Å². The molecule has 7 nitrogen and oxygen atoms in total. The molecular weight excluding hydrogens is 470 g/mol. The first kappa shape index (κ1) is 25.8. The fraction of sp³-hybridized carbons (Fsp3) is 0.222. The highest BCUT2D eigenvalue weighted by molar-refractivity contribution is 6.30. The second kappa shape index (κ2) is 10.6. The van der Waals surface area contributed by atoms with E-state index in [0.29, 0.717) is 32.9 Å². The summed E-state index contributed by atoms with van der Waals surface area (Å²) in [6, 6.07) is 11.4. The van der Waals surface area contributed by atoms with Crippen LogP contribution in [0.25, 0.3) is 10.9 Å². The molecule has 0 aliphatic heterocycles. The van der Waals surface area contributed by atoms with Crippen molar-refractivity contribution in [1.29, 1.82) is 0 Å². The molecule has 0 aliphatic rings. The number of carboxylic acids is 1. The molecular formula is C27H26ClNO6. The number of fused-ring (bicyclic) bond motifs is 1. The zero-order valence-electron chi connectivity index (χ0n) is 19.9. The summed E-state index contributed by atoms with van der Waals surface area (Å²) < 4.78 is 12.4. The number of ether oxygens (including phenoxy) is 2. The van der Waals surface area contributed by atoms with Gasteiger partial charge in [-0.2, -0.15) is 0 Å². The minimum absolute atomic E-state index is 0.0716. The standard InChI is InChI=1S/C27H26ClNO6/c1-5-7-8-9-23(30)35-27(6-2,26(32)33)24-17(3)29(22-15-14-20(34-4)16-21(22)24)25(31)18-10-12-19(28)13-11-18/h5,7-16H,6H2,1-4H3,(H,32,33). The summed E-state index contributed by atoms with van der Waals surface area (Å²) in [7, 11) is 1.49. The lowest BCUT2D eigenvalue weighted by Crippen LogP contribution is -2.40. The van der Waals surface area contributed by atoms with Gasteiger partial charge in [0.1, 0.15) is 5.75 Å². The first-order valence-corrected chi connectivity index (χ1v) is 11.3. The Morgan fingerprint density at radius 1 is 1.11 bits per heavy atom. The lowest BCUT2D eigenvalue weighted by Gasteiger charge is -2.28. The predicted octanol–water partition coefficient (Wildman–Crippen LogP) is 5.67. The van der Waals surface area contributed by atoms with Crippen molar-refractivity contribution in [3.05, 3.63) is 88.6 Å². The topological polar surface area (TPSA) is 94.8 Å². The van der Waals surface area contributed by atoms with Gasteiger partial charge in [-0.25, -0.2) is 9.59 Å². The van der Waals surface area contributed by atoms with Crippen LogP contribution in [-0.4, -0.2) is 34.6 Å². The normalized spacial score (nSPS) is 13.3. The number of hydrogen-bond acceptors (Lipinski definition) is 5. The van der Waals surface area contributed by atoms with E-state index in [9.17, 15) is 19.5 Å². The molecule has 35 heavy (non-hydrogen) atoms. The molecule has 1 aromatic heterocycles. The van der Waals surface area contributed by atoms with Gasteiger partial charge in [-0.05, 0) is 62.7 Å². The van der Waals surface area contributed by atoms with E-state index in [1.807, 2.05) is 0 Å². The zero-order valence-corrected chi connectivity index (χ0v) is 20.6. The van der Waals surface area contributed by atoms with Crippen LogP contribution in [0, 0.1) is 6.92 Å². The SMILES string of the molecule is CC=CC=CC(=O)OC(CC)(C(=O)O)c1c(C)n(C(=O)c2ccc(Cl)cc2)c2ccc(OC)cc12. The highest BCUT2D eigenvalue weighted by Gasteiger charge is 2.47. The van der Waals surface area contributed by atoms with Crippen molar-refractivity contribution < 1.29 is 29.0 Å². The molecule has 1 unspecified atom stereocenters. The molecule has 0 saturated carbocycles. The summed E-state index contributed by atoms with van der Waals surface area (Å²) in [6.07, 6.45) is 5.90.